The molecule has 0 nitrogen and oxygen atoms in total. The third-order valence-corrected chi connectivity index (χ3v) is 5.45. The first kappa shape index (κ1) is 15.8. The summed E-state index contributed by atoms with van der Waals surface area (Å²) >= 11 is 15.8. The van der Waals surface area contributed by atoms with Gasteiger partial charge in [0.25, 0.3) is 0 Å². The van der Waals surface area contributed by atoms with Crippen molar-refractivity contribution >= 4 is 69.8 Å². The fourth-order valence-corrected chi connectivity index (χ4v) is 3.85. The summed E-state index contributed by atoms with van der Waals surface area (Å²) in [5.74, 6) is 0. The zero-order chi connectivity index (χ0) is 15.5. The summed E-state index contributed by atoms with van der Waals surface area (Å²) in [7, 11) is 0.859. The van der Waals surface area contributed by atoms with Gasteiger partial charge >= 0.3 is 0 Å². The van der Waals surface area contributed by atoms with E-state index < -0.39 is 0 Å². The zero-order valence-electron chi connectivity index (χ0n) is 11.8. The van der Waals surface area contributed by atoms with Crippen molar-refractivity contribution in [2.75, 3.05) is 0 Å². The second kappa shape index (κ2) is 6.97. The normalized spacial score (nSPS) is 17.6. The highest BCUT2D eigenvalue weighted by molar-refractivity contribution is 7.99. The van der Waals surface area contributed by atoms with Crippen LogP contribution in [0.3, 0.4) is 0 Å². The van der Waals surface area contributed by atoms with Gasteiger partial charge in [0.05, 0.1) is 0 Å². The number of allylic oxidation sites excluding steroid dienone is 8. The van der Waals surface area contributed by atoms with Gasteiger partial charge in [-0.05, 0) is 34.9 Å². The maximum atomic E-state index is 5.32. The van der Waals surface area contributed by atoms with Gasteiger partial charge < -0.3 is 0 Å². The lowest BCUT2D eigenvalue weighted by Crippen LogP contribution is -2.08. The van der Waals surface area contributed by atoms with E-state index in [0.717, 1.165) is 29.9 Å². The molecule has 0 saturated carbocycles. The molecule has 0 N–H and O–H groups in total. The molecule has 0 aliphatic heterocycles. The molecule has 22 heavy (non-hydrogen) atoms. The van der Waals surface area contributed by atoms with Crippen LogP contribution in [0.5, 0.6) is 0 Å². The fraction of sp³-hybridized carbons (Fsp3) is 0.111. The molecule has 0 atom stereocenters. The van der Waals surface area contributed by atoms with Crippen molar-refractivity contribution in [1.29, 1.82) is 0 Å². The number of rotatable bonds is 3. The first-order valence-corrected chi connectivity index (χ1v) is 9.71. The Labute approximate surface area is 148 Å². The van der Waals surface area contributed by atoms with Crippen molar-refractivity contribution in [1.82, 2.24) is 0 Å². The largest absolute Gasteiger partial charge is 0.0846 e. The van der Waals surface area contributed by atoms with Crippen LogP contribution in [0.2, 0.25) is 0 Å². The zero-order valence-corrected chi connectivity index (χ0v) is 15.1. The molecule has 0 bridgehead atoms. The van der Waals surface area contributed by atoms with Crippen molar-refractivity contribution in [2.45, 2.75) is 12.8 Å². The van der Waals surface area contributed by atoms with Crippen molar-refractivity contribution in [2.24, 2.45) is 0 Å². The van der Waals surface area contributed by atoms with E-state index in [1.165, 1.54) is 27.6 Å². The Morgan fingerprint density at radius 1 is 0.818 bits per heavy atom. The lowest BCUT2D eigenvalue weighted by molar-refractivity contribution is 1.46. The van der Waals surface area contributed by atoms with Crippen LogP contribution in [0.4, 0.5) is 0 Å². The average molecular weight is 356 g/mol. The Bertz CT molecular complexity index is 795. The lowest BCUT2D eigenvalue weighted by atomic mass is 9.89. The van der Waals surface area contributed by atoms with E-state index in [-0.39, 0.29) is 0 Å². The lowest BCUT2D eigenvalue weighted by Gasteiger charge is -2.17. The van der Waals surface area contributed by atoms with Crippen molar-refractivity contribution in [3.63, 3.8) is 0 Å². The van der Waals surface area contributed by atoms with Crippen molar-refractivity contribution in [3.8, 4) is 0 Å². The fourth-order valence-electron chi connectivity index (χ4n) is 2.60. The minimum Gasteiger partial charge on any atom is -0.0846 e. The van der Waals surface area contributed by atoms with Crippen molar-refractivity contribution in [3.05, 3.63) is 65.8 Å². The average Bonchev–Trinajstić information content (AvgIpc) is 2.56. The van der Waals surface area contributed by atoms with E-state index in [4.69, 9.17) is 36.2 Å². The molecule has 0 spiro atoms. The van der Waals surface area contributed by atoms with Gasteiger partial charge in [0, 0.05) is 40.8 Å². The molecule has 0 radical (unpaired) electrons. The molecule has 1 aromatic rings. The van der Waals surface area contributed by atoms with E-state index in [9.17, 15) is 0 Å². The SMILES string of the molecule is S=Pc1cccc(C2=CCC(=S)C=C2)c1C1=CCC(=S)C=C1. The van der Waals surface area contributed by atoms with E-state index in [1.807, 2.05) is 12.2 Å². The van der Waals surface area contributed by atoms with Crippen LogP contribution in [0.15, 0.2) is 54.7 Å². The van der Waals surface area contributed by atoms with Gasteiger partial charge in [0.1, 0.15) is 0 Å². The summed E-state index contributed by atoms with van der Waals surface area (Å²) in [6.07, 6.45) is 14.3. The maximum Gasteiger partial charge on any atom is 0.0212 e. The quantitative estimate of drug-likeness (QED) is 0.543. The number of benzene rings is 1. The van der Waals surface area contributed by atoms with Crippen molar-refractivity contribution < 1.29 is 0 Å². The molecule has 1 aromatic carbocycles. The summed E-state index contributed by atoms with van der Waals surface area (Å²) in [4.78, 5) is 1.95. The Kier molecular flexibility index (Phi) is 5.00. The molecular weight excluding hydrogens is 343 g/mol. The highest BCUT2D eigenvalue weighted by Crippen LogP contribution is 2.31. The third-order valence-electron chi connectivity index (χ3n) is 3.68. The monoisotopic (exact) mass is 356 g/mol. The van der Waals surface area contributed by atoms with Crippen LogP contribution in [-0.2, 0) is 11.8 Å². The molecule has 4 heteroatoms. The van der Waals surface area contributed by atoms with E-state index in [1.54, 1.807) is 0 Å². The number of hydrogen-bond donors (Lipinski definition) is 0. The summed E-state index contributed by atoms with van der Waals surface area (Å²) in [6.45, 7) is 0. The Balaban J connectivity index is 2.14. The maximum absolute atomic E-state index is 5.32. The summed E-state index contributed by atoms with van der Waals surface area (Å²) in [5.41, 5.74) is 4.87. The summed E-state index contributed by atoms with van der Waals surface area (Å²) in [5, 5.41) is 1.17. The van der Waals surface area contributed by atoms with Crippen LogP contribution >= 0.6 is 31.8 Å². The Hall–Kier alpha value is -1.12. The molecule has 0 saturated heterocycles. The standard InChI is InChI=1S/C18H13PS3/c20-14-8-4-12(5-9-14)16-2-1-3-17(19-22)18(16)13-6-10-15(21)11-7-13/h1-8,10H,9,11H2. The van der Waals surface area contributed by atoms with E-state index in [2.05, 4.69) is 42.5 Å². The van der Waals surface area contributed by atoms with E-state index in [0.29, 0.717) is 0 Å². The molecule has 108 valence electrons. The van der Waals surface area contributed by atoms with Gasteiger partial charge in [-0.3, -0.25) is 0 Å². The third kappa shape index (κ3) is 3.28. The van der Waals surface area contributed by atoms with Crippen LogP contribution in [-0.4, -0.2) is 9.73 Å². The minimum atomic E-state index is 0.822. The van der Waals surface area contributed by atoms with Crippen LogP contribution in [0.25, 0.3) is 11.1 Å². The summed E-state index contributed by atoms with van der Waals surface area (Å²) in [6, 6.07) is 6.34. The highest BCUT2D eigenvalue weighted by Gasteiger charge is 2.15. The van der Waals surface area contributed by atoms with Crippen LogP contribution in [0.1, 0.15) is 24.0 Å². The predicted octanol–water partition coefficient (Wildman–Crippen LogP) is 5.15. The van der Waals surface area contributed by atoms with Crippen LogP contribution < -0.4 is 5.30 Å². The second-order valence-corrected chi connectivity index (χ2v) is 7.38. The summed E-state index contributed by atoms with van der Waals surface area (Å²) < 4.78 is 0. The molecule has 0 aromatic heterocycles. The van der Waals surface area contributed by atoms with Gasteiger partial charge in [-0.2, -0.15) is 0 Å². The van der Waals surface area contributed by atoms with Crippen LogP contribution in [0, 0.1) is 0 Å². The first-order valence-electron chi connectivity index (χ1n) is 6.98. The molecular formula is C18H13PS3. The molecule has 2 aliphatic carbocycles. The molecule has 3 rings (SSSR count). The topological polar surface area (TPSA) is 0 Å². The molecule has 2 aliphatic rings. The Morgan fingerprint density at radius 3 is 2.00 bits per heavy atom. The second-order valence-electron chi connectivity index (χ2n) is 5.12. The van der Waals surface area contributed by atoms with Gasteiger partial charge in [-0.25, -0.2) is 0 Å². The number of thiocarbonyl (C=S) groups is 2. The molecule has 0 fully saturated rings. The van der Waals surface area contributed by atoms with Gasteiger partial charge in [-0.15, -0.1) is 0 Å². The highest BCUT2D eigenvalue weighted by atomic mass is 32.4. The van der Waals surface area contributed by atoms with Gasteiger partial charge in [0.15, 0.2) is 0 Å². The smallest absolute Gasteiger partial charge is 0.0212 e. The van der Waals surface area contributed by atoms with E-state index >= 15 is 0 Å². The predicted molar refractivity (Wildman–Crippen MR) is 109 cm³/mol. The molecule has 0 unspecified atom stereocenters. The Morgan fingerprint density at radius 2 is 1.45 bits per heavy atom. The minimum absolute atomic E-state index is 0.822. The van der Waals surface area contributed by atoms with Gasteiger partial charge in [-0.1, -0.05) is 72.7 Å². The molecule has 0 heterocycles. The first-order chi connectivity index (χ1) is 10.7. The number of hydrogen-bond acceptors (Lipinski definition) is 3. The van der Waals surface area contributed by atoms with Gasteiger partial charge in [0.2, 0.25) is 0 Å². The molecule has 0 amide bonds.